The van der Waals surface area contributed by atoms with Gasteiger partial charge in [0.1, 0.15) is 0 Å². The van der Waals surface area contributed by atoms with E-state index in [1.165, 1.54) is 0 Å². The molecule has 18 heavy (non-hydrogen) atoms. The van der Waals surface area contributed by atoms with Gasteiger partial charge in [0.05, 0.1) is 28.6 Å². The summed E-state index contributed by atoms with van der Waals surface area (Å²) >= 11 is 6.32. The summed E-state index contributed by atoms with van der Waals surface area (Å²) < 4.78 is 1.90. The number of hydrogen-bond acceptors (Lipinski definition) is 4. The lowest BCUT2D eigenvalue weighted by Gasteiger charge is -2.15. The summed E-state index contributed by atoms with van der Waals surface area (Å²) in [5, 5.41) is 24.3. The first-order valence-electron chi connectivity index (χ1n) is 6.39. The number of β-amino-alcohol motifs (C(OH)–C–C–N with tert-alkyl or cyclic N) is 2. The molecule has 1 aromatic heterocycles. The molecule has 1 saturated heterocycles. The zero-order chi connectivity index (χ0) is 13.3. The molecule has 0 unspecified atom stereocenters. The fourth-order valence-electron chi connectivity index (χ4n) is 2.36. The van der Waals surface area contributed by atoms with Crippen molar-refractivity contribution < 1.29 is 10.2 Å². The highest BCUT2D eigenvalue weighted by Gasteiger charge is 2.30. The molecule has 0 aromatic carbocycles. The zero-order valence-electron chi connectivity index (χ0n) is 10.8. The summed E-state index contributed by atoms with van der Waals surface area (Å²) in [7, 11) is 0. The first-order valence-corrected chi connectivity index (χ1v) is 6.77. The van der Waals surface area contributed by atoms with Crippen LogP contribution in [0.15, 0.2) is 0 Å². The Bertz CT molecular complexity index is 412. The van der Waals surface area contributed by atoms with Crippen molar-refractivity contribution in [2.75, 3.05) is 13.1 Å². The number of aryl methyl sites for hydroxylation is 2. The van der Waals surface area contributed by atoms with Crippen LogP contribution in [0.2, 0.25) is 5.02 Å². The third-order valence-electron chi connectivity index (χ3n) is 3.40. The van der Waals surface area contributed by atoms with Crippen LogP contribution >= 0.6 is 11.6 Å². The molecule has 102 valence electrons. The minimum absolute atomic E-state index is 0.480. The Morgan fingerprint density at radius 1 is 1.28 bits per heavy atom. The molecule has 2 heterocycles. The largest absolute Gasteiger partial charge is 0.389 e. The van der Waals surface area contributed by atoms with Gasteiger partial charge in [-0.1, -0.05) is 18.5 Å². The molecule has 0 spiro atoms. The maximum atomic E-state index is 9.55. The van der Waals surface area contributed by atoms with Crippen molar-refractivity contribution in [3.8, 4) is 0 Å². The van der Waals surface area contributed by atoms with E-state index in [1.807, 2.05) is 23.4 Å². The van der Waals surface area contributed by atoms with E-state index in [0.717, 1.165) is 29.4 Å². The molecule has 0 bridgehead atoms. The molecule has 5 nitrogen and oxygen atoms in total. The van der Waals surface area contributed by atoms with E-state index in [-0.39, 0.29) is 0 Å². The highest BCUT2D eigenvalue weighted by molar-refractivity contribution is 6.31. The molecule has 0 aliphatic carbocycles. The minimum Gasteiger partial charge on any atom is -0.389 e. The third-order valence-corrected chi connectivity index (χ3v) is 3.84. The number of halogens is 1. The van der Waals surface area contributed by atoms with Crippen LogP contribution in [-0.2, 0) is 19.5 Å². The first kappa shape index (κ1) is 13.8. The van der Waals surface area contributed by atoms with Crippen molar-refractivity contribution in [1.82, 2.24) is 14.7 Å². The van der Waals surface area contributed by atoms with Gasteiger partial charge in [-0.2, -0.15) is 5.10 Å². The summed E-state index contributed by atoms with van der Waals surface area (Å²) in [5.74, 6) is 0. The number of aromatic nitrogens is 2. The highest BCUT2D eigenvalue weighted by Crippen LogP contribution is 2.24. The smallest absolute Gasteiger partial charge is 0.0938 e. The fraction of sp³-hybridized carbons (Fsp3) is 0.750. The van der Waals surface area contributed by atoms with Crippen molar-refractivity contribution in [3.05, 3.63) is 16.4 Å². The van der Waals surface area contributed by atoms with Gasteiger partial charge in [-0.25, -0.2) is 0 Å². The van der Waals surface area contributed by atoms with Gasteiger partial charge < -0.3 is 10.2 Å². The Morgan fingerprint density at radius 3 is 2.39 bits per heavy atom. The lowest BCUT2D eigenvalue weighted by molar-refractivity contribution is 0.0572. The predicted octanol–water partition coefficient (Wildman–Crippen LogP) is 0.656. The molecule has 1 aromatic rings. The maximum Gasteiger partial charge on any atom is 0.0938 e. The Kier molecular flexibility index (Phi) is 4.27. The van der Waals surface area contributed by atoms with Crippen LogP contribution in [0.1, 0.15) is 25.2 Å². The maximum absolute atomic E-state index is 9.55. The number of hydrogen-bond donors (Lipinski definition) is 2. The average Bonchev–Trinajstić information content (AvgIpc) is 2.82. The van der Waals surface area contributed by atoms with Crippen LogP contribution in [0.4, 0.5) is 0 Å². The summed E-state index contributed by atoms with van der Waals surface area (Å²) in [6, 6.07) is 0. The molecular formula is C12H20ClN3O2. The van der Waals surface area contributed by atoms with Gasteiger partial charge in [-0.05, 0) is 13.3 Å². The molecular weight excluding hydrogens is 254 g/mol. The van der Waals surface area contributed by atoms with Gasteiger partial charge in [0.2, 0.25) is 0 Å². The molecule has 2 N–H and O–H groups in total. The second-order valence-corrected chi connectivity index (χ2v) is 5.08. The van der Waals surface area contributed by atoms with Crippen LogP contribution in [0, 0.1) is 0 Å². The van der Waals surface area contributed by atoms with Gasteiger partial charge >= 0.3 is 0 Å². The highest BCUT2D eigenvalue weighted by atomic mass is 35.5. The Morgan fingerprint density at radius 2 is 1.89 bits per heavy atom. The van der Waals surface area contributed by atoms with Gasteiger partial charge in [0.15, 0.2) is 0 Å². The molecule has 1 aliphatic heterocycles. The van der Waals surface area contributed by atoms with Crippen molar-refractivity contribution in [3.63, 3.8) is 0 Å². The van der Waals surface area contributed by atoms with Crippen molar-refractivity contribution in [2.45, 2.75) is 45.6 Å². The second-order valence-electron chi connectivity index (χ2n) is 4.71. The molecule has 2 rings (SSSR count). The molecule has 6 heteroatoms. The summed E-state index contributed by atoms with van der Waals surface area (Å²) in [4.78, 5) is 2.00. The SMILES string of the molecule is CCc1nn(CC)c(CN2C[C@@H](O)[C@@H](O)C2)c1Cl. The van der Waals surface area contributed by atoms with Gasteiger partial charge in [0.25, 0.3) is 0 Å². The van der Waals surface area contributed by atoms with Crippen LogP contribution in [0.3, 0.4) is 0 Å². The number of nitrogens with zero attached hydrogens (tertiary/aromatic N) is 3. The summed E-state index contributed by atoms with van der Waals surface area (Å²) in [5.41, 5.74) is 1.88. The predicted molar refractivity (Wildman–Crippen MR) is 69.6 cm³/mol. The molecule has 0 saturated carbocycles. The van der Waals surface area contributed by atoms with E-state index in [0.29, 0.717) is 19.6 Å². The van der Waals surface area contributed by atoms with E-state index >= 15 is 0 Å². The second kappa shape index (κ2) is 5.57. The molecule has 1 aliphatic rings. The van der Waals surface area contributed by atoms with E-state index in [9.17, 15) is 10.2 Å². The molecule has 1 fully saturated rings. The summed E-state index contributed by atoms with van der Waals surface area (Å²) in [6.07, 6.45) is -0.510. The molecule has 2 atom stereocenters. The van der Waals surface area contributed by atoms with Crippen molar-refractivity contribution >= 4 is 11.6 Å². The van der Waals surface area contributed by atoms with Crippen LogP contribution in [0.5, 0.6) is 0 Å². The van der Waals surface area contributed by atoms with Crippen LogP contribution in [-0.4, -0.2) is 50.2 Å². The average molecular weight is 274 g/mol. The van der Waals surface area contributed by atoms with Gasteiger partial charge in [-0.3, -0.25) is 9.58 Å². The topological polar surface area (TPSA) is 61.5 Å². The Balaban J connectivity index is 2.16. The Hall–Kier alpha value is -0.620. The van der Waals surface area contributed by atoms with E-state index in [1.54, 1.807) is 0 Å². The number of aliphatic hydroxyl groups is 2. The van der Waals surface area contributed by atoms with E-state index < -0.39 is 12.2 Å². The molecule has 0 radical (unpaired) electrons. The quantitative estimate of drug-likeness (QED) is 0.846. The van der Waals surface area contributed by atoms with Crippen LogP contribution < -0.4 is 0 Å². The zero-order valence-corrected chi connectivity index (χ0v) is 11.6. The van der Waals surface area contributed by atoms with Crippen molar-refractivity contribution in [1.29, 1.82) is 0 Å². The minimum atomic E-state index is -0.660. The lowest BCUT2D eigenvalue weighted by atomic mass is 10.3. The molecule has 0 amide bonds. The standard InChI is InChI=1S/C12H20ClN3O2/c1-3-8-12(13)9(16(4-2)14-8)5-15-6-10(17)11(18)7-15/h10-11,17-18H,3-7H2,1-2H3/t10-,11+. The monoisotopic (exact) mass is 273 g/mol. The van der Waals surface area contributed by atoms with Gasteiger partial charge in [0, 0.05) is 26.2 Å². The third kappa shape index (κ3) is 2.54. The number of rotatable bonds is 4. The summed E-state index contributed by atoms with van der Waals surface area (Å²) in [6.45, 7) is 6.41. The van der Waals surface area contributed by atoms with Crippen molar-refractivity contribution in [2.24, 2.45) is 0 Å². The first-order chi connectivity index (χ1) is 8.56. The van der Waals surface area contributed by atoms with E-state index in [2.05, 4.69) is 5.10 Å². The normalized spacial score (nSPS) is 24.9. The van der Waals surface area contributed by atoms with Gasteiger partial charge in [-0.15, -0.1) is 0 Å². The fourth-order valence-corrected chi connectivity index (χ4v) is 2.68. The van der Waals surface area contributed by atoms with Crippen LogP contribution in [0.25, 0.3) is 0 Å². The van der Waals surface area contributed by atoms with E-state index in [4.69, 9.17) is 11.6 Å². The Labute approximate surface area is 112 Å². The number of likely N-dealkylation sites (tertiary alicyclic amines) is 1. The number of aliphatic hydroxyl groups excluding tert-OH is 2. The lowest BCUT2D eigenvalue weighted by Crippen LogP contribution is -2.23.